The Morgan fingerprint density at radius 3 is 2.19 bits per heavy atom. The van der Waals surface area contributed by atoms with Crippen molar-refractivity contribution in [1.82, 2.24) is 10.2 Å². The van der Waals surface area contributed by atoms with Gasteiger partial charge in [0.1, 0.15) is 18.7 Å². The lowest BCUT2D eigenvalue weighted by Gasteiger charge is -2.40. The molecule has 2 aromatic rings. The SMILES string of the molecule is COC(C)C(NC(=O)OCC1c2ccccc2-c2ccccc21)C(=O)N1CCC1C(=O)O. The van der Waals surface area contributed by atoms with Crippen molar-refractivity contribution < 1.29 is 29.0 Å². The summed E-state index contributed by atoms with van der Waals surface area (Å²) in [6.07, 6.45) is -1.01. The van der Waals surface area contributed by atoms with Crippen LogP contribution in [0.5, 0.6) is 0 Å². The molecule has 1 fully saturated rings. The van der Waals surface area contributed by atoms with Gasteiger partial charge in [-0.2, -0.15) is 0 Å². The summed E-state index contributed by atoms with van der Waals surface area (Å²) in [5, 5.41) is 11.8. The number of aliphatic carboxylic acids is 1. The highest BCUT2D eigenvalue weighted by molar-refractivity contribution is 5.91. The monoisotopic (exact) mass is 438 g/mol. The number of amides is 2. The van der Waals surface area contributed by atoms with Crippen molar-refractivity contribution in [3.05, 3.63) is 59.7 Å². The number of ether oxygens (including phenoxy) is 2. The number of alkyl carbamates (subject to hydrolysis) is 1. The molecule has 0 radical (unpaired) electrons. The fraction of sp³-hybridized carbons (Fsp3) is 0.375. The van der Waals surface area contributed by atoms with Crippen LogP contribution in [0.2, 0.25) is 0 Å². The Labute approximate surface area is 186 Å². The number of rotatable bonds is 7. The summed E-state index contributed by atoms with van der Waals surface area (Å²) >= 11 is 0. The maximum absolute atomic E-state index is 12.9. The normalized spacial score (nSPS) is 18.7. The zero-order valence-corrected chi connectivity index (χ0v) is 18.0. The van der Waals surface area contributed by atoms with Crippen molar-refractivity contribution in [1.29, 1.82) is 0 Å². The first-order valence-corrected chi connectivity index (χ1v) is 10.6. The zero-order valence-electron chi connectivity index (χ0n) is 18.0. The van der Waals surface area contributed by atoms with Gasteiger partial charge in [-0.1, -0.05) is 48.5 Å². The number of fused-ring (bicyclic) bond motifs is 3. The molecule has 8 nitrogen and oxygen atoms in total. The van der Waals surface area contributed by atoms with E-state index in [1.165, 1.54) is 12.0 Å². The van der Waals surface area contributed by atoms with Gasteiger partial charge in [-0.25, -0.2) is 9.59 Å². The molecule has 1 aliphatic carbocycles. The second kappa shape index (κ2) is 9.00. The van der Waals surface area contributed by atoms with Gasteiger partial charge in [0.05, 0.1) is 6.10 Å². The number of carbonyl (C=O) groups is 3. The number of nitrogens with zero attached hydrogens (tertiary/aromatic N) is 1. The molecule has 3 atom stereocenters. The van der Waals surface area contributed by atoms with E-state index in [1.54, 1.807) is 6.92 Å². The Balaban J connectivity index is 1.44. The first-order valence-electron chi connectivity index (χ1n) is 10.6. The molecule has 0 aromatic heterocycles. The van der Waals surface area contributed by atoms with Crippen molar-refractivity contribution >= 4 is 18.0 Å². The Morgan fingerprint density at radius 2 is 1.69 bits per heavy atom. The number of hydrogen-bond donors (Lipinski definition) is 2. The van der Waals surface area contributed by atoms with Gasteiger partial charge in [-0.3, -0.25) is 4.79 Å². The van der Waals surface area contributed by atoms with Crippen LogP contribution >= 0.6 is 0 Å². The molecule has 0 bridgehead atoms. The Kier molecular flexibility index (Phi) is 6.14. The molecular formula is C24H26N2O6. The molecule has 1 aliphatic heterocycles. The molecule has 32 heavy (non-hydrogen) atoms. The maximum Gasteiger partial charge on any atom is 0.407 e. The lowest BCUT2D eigenvalue weighted by atomic mass is 9.98. The highest BCUT2D eigenvalue weighted by atomic mass is 16.5. The Bertz CT molecular complexity index is 993. The quantitative estimate of drug-likeness (QED) is 0.689. The molecule has 4 rings (SSSR count). The van der Waals surface area contributed by atoms with E-state index < -0.39 is 36.2 Å². The third-order valence-electron chi connectivity index (χ3n) is 6.31. The predicted octanol–water partition coefficient (Wildman–Crippen LogP) is 2.61. The van der Waals surface area contributed by atoms with Crippen molar-refractivity contribution in [3.8, 4) is 11.1 Å². The molecule has 1 saturated heterocycles. The number of carboxylic acids is 1. The second-order valence-corrected chi connectivity index (χ2v) is 8.06. The molecule has 2 aromatic carbocycles. The number of carboxylic acid groups (broad SMARTS) is 1. The van der Waals surface area contributed by atoms with E-state index in [4.69, 9.17) is 9.47 Å². The van der Waals surface area contributed by atoms with Crippen molar-refractivity contribution in [2.24, 2.45) is 0 Å². The summed E-state index contributed by atoms with van der Waals surface area (Å²) < 4.78 is 10.8. The highest BCUT2D eigenvalue weighted by Crippen LogP contribution is 2.44. The van der Waals surface area contributed by atoms with Crippen LogP contribution in [0.25, 0.3) is 11.1 Å². The van der Waals surface area contributed by atoms with Crippen LogP contribution in [0.1, 0.15) is 30.4 Å². The Morgan fingerprint density at radius 1 is 1.09 bits per heavy atom. The van der Waals surface area contributed by atoms with E-state index >= 15 is 0 Å². The molecule has 8 heteroatoms. The van der Waals surface area contributed by atoms with Crippen LogP contribution in [0.15, 0.2) is 48.5 Å². The van der Waals surface area contributed by atoms with Crippen LogP contribution in [0.4, 0.5) is 4.79 Å². The first kappa shape index (κ1) is 21.8. The fourth-order valence-electron chi connectivity index (χ4n) is 4.37. The summed E-state index contributed by atoms with van der Waals surface area (Å²) in [4.78, 5) is 38.0. The van der Waals surface area contributed by atoms with Crippen molar-refractivity contribution in [2.45, 2.75) is 37.5 Å². The van der Waals surface area contributed by atoms with Crippen LogP contribution in [-0.4, -0.2) is 66.4 Å². The smallest absolute Gasteiger partial charge is 0.407 e. The van der Waals surface area contributed by atoms with Crippen LogP contribution in [-0.2, 0) is 19.1 Å². The molecule has 2 aliphatic rings. The zero-order chi connectivity index (χ0) is 22.8. The molecule has 2 amide bonds. The minimum atomic E-state index is -1.06. The van der Waals surface area contributed by atoms with Crippen LogP contribution in [0, 0.1) is 0 Å². The fourth-order valence-corrected chi connectivity index (χ4v) is 4.37. The van der Waals surface area contributed by atoms with Gasteiger partial charge >= 0.3 is 12.1 Å². The summed E-state index contributed by atoms with van der Waals surface area (Å²) in [6.45, 7) is 2.08. The van der Waals surface area contributed by atoms with E-state index in [0.717, 1.165) is 22.3 Å². The van der Waals surface area contributed by atoms with Gasteiger partial charge in [0.15, 0.2) is 0 Å². The van der Waals surface area contributed by atoms with E-state index in [2.05, 4.69) is 17.4 Å². The molecule has 2 N–H and O–H groups in total. The topological polar surface area (TPSA) is 105 Å². The third kappa shape index (κ3) is 3.93. The van der Waals surface area contributed by atoms with Crippen LogP contribution < -0.4 is 5.32 Å². The molecule has 0 spiro atoms. The number of benzene rings is 2. The minimum Gasteiger partial charge on any atom is -0.480 e. The lowest BCUT2D eigenvalue weighted by molar-refractivity contribution is -0.159. The average molecular weight is 438 g/mol. The number of likely N-dealkylation sites (tertiary alicyclic amines) is 1. The van der Waals surface area contributed by atoms with Gasteiger partial charge in [0.2, 0.25) is 5.91 Å². The number of hydrogen-bond acceptors (Lipinski definition) is 5. The van der Waals surface area contributed by atoms with E-state index in [0.29, 0.717) is 13.0 Å². The largest absolute Gasteiger partial charge is 0.480 e. The average Bonchev–Trinajstić information content (AvgIpc) is 3.08. The second-order valence-electron chi connectivity index (χ2n) is 8.06. The van der Waals surface area contributed by atoms with E-state index in [1.807, 2.05) is 36.4 Å². The Hall–Kier alpha value is -3.39. The number of nitrogens with one attached hydrogen (secondary N) is 1. The summed E-state index contributed by atoms with van der Waals surface area (Å²) in [7, 11) is 1.43. The van der Waals surface area contributed by atoms with E-state index in [-0.39, 0.29) is 12.5 Å². The number of methoxy groups -OCH3 is 1. The molecule has 3 unspecified atom stereocenters. The highest BCUT2D eigenvalue weighted by Gasteiger charge is 2.42. The molecule has 1 heterocycles. The number of carbonyl (C=O) groups excluding carboxylic acids is 2. The predicted molar refractivity (Wildman–Crippen MR) is 116 cm³/mol. The molecule has 168 valence electrons. The van der Waals surface area contributed by atoms with E-state index in [9.17, 15) is 19.5 Å². The van der Waals surface area contributed by atoms with Gasteiger partial charge in [-0.15, -0.1) is 0 Å². The lowest BCUT2D eigenvalue weighted by Crippen LogP contribution is -2.62. The van der Waals surface area contributed by atoms with Gasteiger partial charge < -0.3 is 24.8 Å². The van der Waals surface area contributed by atoms with Crippen LogP contribution in [0.3, 0.4) is 0 Å². The minimum absolute atomic E-state index is 0.103. The maximum atomic E-state index is 12.9. The van der Waals surface area contributed by atoms with Gasteiger partial charge in [0, 0.05) is 19.6 Å². The standard InChI is InChI=1S/C24H26N2O6/c1-14(31-2)21(22(27)26-12-11-20(26)23(28)29)25-24(30)32-13-19-17-9-5-3-7-15(17)16-8-4-6-10-18(16)19/h3-10,14,19-21H,11-13H2,1-2H3,(H,25,30)(H,28,29). The summed E-state index contributed by atoms with van der Waals surface area (Å²) in [6, 6.07) is 14.1. The van der Waals surface area contributed by atoms with Gasteiger partial charge in [0.25, 0.3) is 0 Å². The molecule has 0 saturated carbocycles. The van der Waals surface area contributed by atoms with Gasteiger partial charge in [-0.05, 0) is 35.6 Å². The third-order valence-corrected chi connectivity index (χ3v) is 6.31. The first-order chi connectivity index (χ1) is 15.4. The summed E-state index contributed by atoms with van der Waals surface area (Å²) in [5.41, 5.74) is 4.42. The molecular weight excluding hydrogens is 412 g/mol. The summed E-state index contributed by atoms with van der Waals surface area (Å²) in [5.74, 6) is -1.66. The van der Waals surface area contributed by atoms with Crippen molar-refractivity contribution in [2.75, 3.05) is 20.3 Å². The van der Waals surface area contributed by atoms with Crippen molar-refractivity contribution in [3.63, 3.8) is 0 Å².